The number of hydrogen-bond acceptors (Lipinski definition) is 2. The van der Waals surface area contributed by atoms with Gasteiger partial charge in [0.05, 0.1) is 55.5 Å². The molecule has 0 radical (unpaired) electrons. The van der Waals surface area contributed by atoms with Gasteiger partial charge in [0.15, 0.2) is 5.82 Å². The second-order valence-corrected chi connectivity index (χ2v) is 20.2. The Bertz CT molecular complexity index is 4950. The van der Waals surface area contributed by atoms with Crippen molar-refractivity contribution in [2.45, 2.75) is 6.92 Å². The first-order chi connectivity index (χ1) is 38.1. The van der Waals surface area contributed by atoms with Crippen molar-refractivity contribution in [3.8, 4) is 56.7 Å². The van der Waals surface area contributed by atoms with Crippen molar-refractivity contribution in [3.05, 3.63) is 266 Å². The minimum Gasteiger partial charge on any atom is -0.309 e. The maximum Gasteiger partial charge on any atom is 0.160 e. The van der Waals surface area contributed by atoms with Gasteiger partial charge in [-0.05, 0) is 110 Å². The molecule has 5 aromatic heterocycles. The van der Waals surface area contributed by atoms with Gasteiger partial charge in [0.2, 0.25) is 0 Å². The van der Waals surface area contributed by atoms with Gasteiger partial charge in [0, 0.05) is 82.5 Å². The van der Waals surface area contributed by atoms with E-state index in [0.717, 1.165) is 72.8 Å². The number of para-hydroxylation sites is 5. The molecule has 6 nitrogen and oxygen atoms in total. The lowest BCUT2D eigenvalue weighted by Gasteiger charge is -2.12. The minimum atomic E-state index is 0.691. The van der Waals surface area contributed by atoms with Crippen molar-refractivity contribution in [1.29, 1.82) is 0 Å². The predicted octanol–water partition coefficient (Wildman–Crippen LogP) is 18.2. The highest BCUT2D eigenvalue weighted by Crippen LogP contribution is 2.47. The highest BCUT2D eigenvalue weighted by atomic mass is 15.0. The van der Waals surface area contributed by atoms with Crippen molar-refractivity contribution in [2.75, 3.05) is 0 Å². The Morgan fingerprint density at radius 3 is 1.40 bits per heavy atom. The highest BCUT2D eigenvalue weighted by molar-refractivity contribution is 6.29. The number of aryl methyl sites for hydroxylation is 1. The van der Waals surface area contributed by atoms with E-state index >= 15 is 0 Å². The van der Waals surface area contributed by atoms with Crippen LogP contribution in [0.5, 0.6) is 0 Å². The van der Waals surface area contributed by atoms with Gasteiger partial charge < -0.3 is 18.3 Å². The Morgan fingerprint density at radius 2 is 0.727 bits per heavy atom. The van der Waals surface area contributed by atoms with Gasteiger partial charge in [-0.3, -0.25) is 0 Å². The Kier molecular flexibility index (Phi) is 9.45. The van der Waals surface area contributed by atoms with E-state index in [1.165, 1.54) is 70.9 Å². The second-order valence-electron chi connectivity index (χ2n) is 20.2. The molecule has 6 heteroatoms. The largest absolute Gasteiger partial charge is 0.309 e. The fourth-order valence-electron chi connectivity index (χ4n) is 12.6. The fraction of sp³-hybridized carbons (Fsp3) is 0.0141. The lowest BCUT2D eigenvalue weighted by molar-refractivity contribution is 1.16. The molecule has 0 saturated heterocycles. The third-order valence-electron chi connectivity index (χ3n) is 15.8. The minimum absolute atomic E-state index is 0.691. The number of fused-ring (bicyclic) bond motifs is 14. The third-order valence-corrected chi connectivity index (χ3v) is 15.8. The van der Waals surface area contributed by atoms with E-state index < -0.39 is 0 Å². The molecule has 0 atom stereocenters. The summed E-state index contributed by atoms with van der Waals surface area (Å²) in [7, 11) is 0. The summed E-state index contributed by atoms with van der Waals surface area (Å²) >= 11 is 0. The Balaban J connectivity index is 1.02. The average molecular weight is 983 g/mol. The van der Waals surface area contributed by atoms with Crippen molar-refractivity contribution in [3.63, 3.8) is 0 Å². The van der Waals surface area contributed by atoms with Crippen LogP contribution in [-0.4, -0.2) is 28.2 Å². The molecule has 0 aliphatic heterocycles. The van der Waals surface area contributed by atoms with Gasteiger partial charge in [-0.1, -0.05) is 164 Å². The Hall–Kier alpha value is -10.3. The number of aromatic nitrogens is 6. The summed E-state index contributed by atoms with van der Waals surface area (Å²) in [5, 5.41) is 9.65. The zero-order valence-corrected chi connectivity index (χ0v) is 42.0. The molecular weight excluding hydrogens is 937 g/mol. The van der Waals surface area contributed by atoms with Crippen LogP contribution in [-0.2, 0) is 0 Å². The van der Waals surface area contributed by atoms with Crippen molar-refractivity contribution < 1.29 is 0 Å². The van der Waals surface area contributed by atoms with Crippen LogP contribution < -0.4 is 0 Å². The van der Waals surface area contributed by atoms with Crippen molar-refractivity contribution in [1.82, 2.24) is 28.2 Å². The normalized spacial score (nSPS) is 12.0. The predicted molar refractivity (Wildman–Crippen MR) is 320 cm³/mol. The van der Waals surface area contributed by atoms with E-state index in [0.29, 0.717) is 5.82 Å². The number of rotatable bonds is 7. The molecule has 16 rings (SSSR count). The summed E-state index contributed by atoms with van der Waals surface area (Å²) in [6.07, 6.45) is 0. The summed E-state index contributed by atoms with van der Waals surface area (Å²) in [5.74, 6) is 0.691. The first kappa shape index (κ1) is 43.1. The van der Waals surface area contributed by atoms with E-state index in [9.17, 15) is 0 Å². The number of benzene rings is 11. The molecule has 0 N–H and O–H groups in total. The number of hydrogen-bond donors (Lipinski definition) is 0. The summed E-state index contributed by atoms with van der Waals surface area (Å²) in [5.41, 5.74) is 19.8. The Morgan fingerprint density at radius 1 is 0.260 bits per heavy atom. The van der Waals surface area contributed by atoms with E-state index in [2.05, 4.69) is 274 Å². The highest BCUT2D eigenvalue weighted by Gasteiger charge is 2.26. The molecule has 0 saturated carbocycles. The molecular formula is C71H46N6. The maximum absolute atomic E-state index is 5.34. The quantitative estimate of drug-likeness (QED) is 0.160. The molecule has 0 amide bonds. The molecule has 0 aliphatic carbocycles. The van der Waals surface area contributed by atoms with Crippen LogP contribution >= 0.6 is 0 Å². The summed E-state index contributed by atoms with van der Waals surface area (Å²) < 4.78 is 9.89. The SMILES string of the molecule is Cc1cc2c(c3ccccc3n2-c2ccccc2)c2c1c1cc(-n3c4ccc(-c5cc(-c6ccccc6)nc(-c6ccccc6)n5)cc4c4c3ccc3c5ccccc5n(-c5ccccc5)c34)ccc1n2-c1ccccc1. The van der Waals surface area contributed by atoms with Crippen LogP contribution in [0.2, 0.25) is 0 Å². The lowest BCUT2D eigenvalue weighted by atomic mass is 10.0. The molecule has 77 heavy (non-hydrogen) atoms. The van der Waals surface area contributed by atoms with Crippen LogP contribution in [0.3, 0.4) is 0 Å². The van der Waals surface area contributed by atoms with Gasteiger partial charge in [0.1, 0.15) is 0 Å². The second kappa shape index (κ2) is 16.9. The first-order valence-corrected chi connectivity index (χ1v) is 26.3. The molecule has 0 bridgehead atoms. The molecule has 0 aliphatic rings. The van der Waals surface area contributed by atoms with Crippen LogP contribution in [0.25, 0.3) is 144 Å². The summed E-state index contributed by atoms with van der Waals surface area (Å²) in [4.78, 5) is 10.5. The van der Waals surface area contributed by atoms with E-state index in [-0.39, 0.29) is 0 Å². The van der Waals surface area contributed by atoms with Gasteiger partial charge in [-0.25, -0.2) is 9.97 Å². The maximum atomic E-state index is 5.34. The molecule has 0 unspecified atom stereocenters. The molecule has 360 valence electrons. The van der Waals surface area contributed by atoms with E-state index in [4.69, 9.17) is 9.97 Å². The summed E-state index contributed by atoms with van der Waals surface area (Å²) in [6.45, 7) is 2.29. The standard InChI is InChI=1S/C71H46N6/c1-45-41-65-67(55-32-18-20-34-61(55)74(65)49-25-11-4-12-26-49)70-66(45)57-43-52(36-39-63(57)77(70)51-29-15-6-16-30-51)75-62-38-35-48(59-44-58(46-21-7-2-8-22-46)72-71(73-59)47-23-9-3-10-24-47)42-56(62)68-64(75)40-37-54-53-31-17-19-33-60(53)76(69(54)68)50-27-13-5-14-28-50/h2-44H,1H3. The van der Waals surface area contributed by atoms with Crippen molar-refractivity contribution in [2.24, 2.45) is 0 Å². The number of nitrogens with zero attached hydrogens (tertiary/aromatic N) is 6. The monoisotopic (exact) mass is 982 g/mol. The molecule has 0 spiro atoms. The first-order valence-electron chi connectivity index (χ1n) is 26.3. The average Bonchev–Trinajstić information content (AvgIpc) is 4.29. The van der Waals surface area contributed by atoms with Crippen LogP contribution in [0.15, 0.2) is 261 Å². The molecule has 11 aromatic carbocycles. The smallest absolute Gasteiger partial charge is 0.160 e. The van der Waals surface area contributed by atoms with E-state index in [1.54, 1.807) is 0 Å². The van der Waals surface area contributed by atoms with Crippen LogP contribution in [0, 0.1) is 6.92 Å². The van der Waals surface area contributed by atoms with Gasteiger partial charge in [-0.2, -0.15) is 0 Å². The van der Waals surface area contributed by atoms with Gasteiger partial charge in [0.25, 0.3) is 0 Å². The van der Waals surface area contributed by atoms with Crippen molar-refractivity contribution >= 4 is 87.2 Å². The lowest BCUT2D eigenvalue weighted by Crippen LogP contribution is -1.97. The zero-order chi connectivity index (χ0) is 50.7. The Labute approximate surface area is 443 Å². The van der Waals surface area contributed by atoms with E-state index in [1.807, 2.05) is 12.1 Å². The van der Waals surface area contributed by atoms with Crippen LogP contribution in [0.4, 0.5) is 0 Å². The summed E-state index contributed by atoms with van der Waals surface area (Å²) in [6, 6.07) is 94.2. The third kappa shape index (κ3) is 6.49. The van der Waals surface area contributed by atoms with Crippen LogP contribution in [0.1, 0.15) is 5.56 Å². The fourth-order valence-corrected chi connectivity index (χ4v) is 12.6. The van der Waals surface area contributed by atoms with Gasteiger partial charge >= 0.3 is 0 Å². The molecule has 16 aromatic rings. The topological polar surface area (TPSA) is 45.5 Å². The molecule has 5 heterocycles. The zero-order valence-electron chi connectivity index (χ0n) is 42.0. The molecule has 0 fully saturated rings. The van der Waals surface area contributed by atoms with Gasteiger partial charge in [-0.15, -0.1) is 0 Å².